The van der Waals surface area contributed by atoms with Crippen molar-refractivity contribution in [3.05, 3.63) is 46.5 Å². The summed E-state index contributed by atoms with van der Waals surface area (Å²) < 4.78 is 22.2. The zero-order valence-corrected chi connectivity index (χ0v) is 26.8. The lowest BCUT2D eigenvalue weighted by atomic mass is 9.69. The molecule has 0 radical (unpaired) electrons. The first-order valence-electron chi connectivity index (χ1n) is 15.0. The number of carbonyl (C=O) groups is 1. The average Bonchev–Trinajstić information content (AvgIpc) is 2.99. The van der Waals surface area contributed by atoms with Crippen molar-refractivity contribution in [1.82, 2.24) is 4.90 Å². The summed E-state index contributed by atoms with van der Waals surface area (Å²) >= 11 is 0. The van der Waals surface area contributed by atoms with Gasteiger partial charge in [0.05, 0.1) is 45.5 Å². The van der Waals surface area contributed by atoms with Gasteiger partial charge in [0.25, 0.3) is 0 Å². The second-order valence-corrected chi connectivity index (χ2v) is 11.2. The number of hydrogen-bond donors (Lipinski definition) is 1. The Labute approximate surface area is 252 Å². The molecule has 0 spiro atoms. The van der Waals surface area contributed by atoms with Crippen molar-refractivity contribution < 1.29 is 28.8 Å². The fourth-order valence-electron chi connectivity index (χ4n) is 5.75. The summed E-state index contributed by atoms with van der Waals surface area (Å²) in [6.45, 7) is 7.78. The molecule has 0 aliphatic heterocycles. The third-order valence-electron chi connectivity index (χ3n) is 8.34. The van der Waals surface area contributed by atoms with Crippen LogP contribution in [0.1, 0.15) is 86.3 Å². The number of carboxylic acid groups (broad SMARTS) is 1. The lowest BCUT2D eigenvalue weighted by Crippen LogP contribution is -2.32. The van der Waals surface area contributed by atoms with Gasteiger partial charge < -0.3 is 29.0 Å². The summed E-state index contributed by atoms with van der Waals surface area (Å²) in [6.07, 6.45) is 7.10. The number of carboxylic acids is 1. The van der Waals surface area contributed by atoms with Gasteiger partial charge in [0.15, 0.2) is 23.0 Å². The number of rotatable bonds is 19. The Morgan fingerprint density at radius 3 is 2.14 bits per heavy atom. The van der Waals surface area contributed by atoms with Gasteiger partial charge in [-0.3, -0.25) is 0 Å². The van der Waals surface area contributed by atoms with E-state index in [1.165, 1.54) is 7.11 Å². The van der Waals surface area contributed by atoms with Gasteiger partial charge in [0.2, 0.25) is 0 Å². The van der Waals surface area contributed by atoms with E-state index in [9.17, 15) is 15.2 Å². The van der Waals surface area contributed by atoms with E-state index >= 15 is 0 Å². The molecule has 1 atom stereocenters. The molecule has 2 rings (SSSR count). The Bertz CT molecular complexity index is 1210. The lowest BCUT2D eigenvalue weighted by Gasteiger charge is -2.32. The van der Waals surface area contributed by atoms with E-state index in [1.54, 1.807) is 27.4 Å². The number of hydrogen-bond acceptors (Lipinski definition) is 7. The van der Waals surface area contributed by atoms with Gasteiger partial charge in [0.1, 0.15) is 0 Å². The molecule has 0 aromatic heterocycles. The number of unbranched alkanes of at least 4 members (excludes halogenated alkanes) is 3. The van der Waals surface area contributed by atoms with Crippen LogP contribution in [0.3, 0.4) is 0 Å². The van der Waals surface area contributed by atoms with Gasteiger partial charge in [-0.1, -0.05) is 46.1 Å². The minimum atomic E-state index is -0.964. The van der Waals surface area contributed by atoms with Gasteiger partial charge >= 0.3 is 5.97 Å². The maximum atomic E-state index is 12.3. The molecular formula is C34H50N2O6. The van der Waals surface area contributed by atoms with Gasteiger partial charge in [-0.25, -0.2) is 4.79 Å². The molecule has 0 amide bonds. The monoisotopic (exact) mass is 582 g/mol. The predicted octanol–water partition coefficient (Wildman–Crippen LogP) is 6.91. The molecule has 8 heteroatoms. The van der Waals surface area contributed by atoms with E-state index in [2.05, 4.69) is 31.7 Å². The number of methoxy groups -OCH3 is 4. The Morgan fingerprint density at radius 2 is 1.60 bits per heavy atom. The molecule has 0 saturated carbocycles. The highest BCUT2D eigenvalue weighted by molar-refractivity contribution is 5.91. The Hall–Kier alpha value is -3.44. The fourth-order valence-corrected chi connectivity index (χ4v) is 5.75. The standard InChI is InChI=1S/C34H50N2O6/c1-9-10-11-12-14-27-26(28(33(37)38)22-31(41-7)32(27)42-8)17-20-36(4)19-13-18-34(23-35,24(2)3)25-15-16-29(39-5)30(21-25)40-6/h15-16,21-22,24H,9-14,17-20H2,1-8H3,(H,37,38). The van der Waals surface area contributed by atoms with Crippen LogP contribution >= 0.6 is 0 Å². The van der Waals surface area contributed by atoms with Gasteiger partial charge in [-0.05, 0) is 80.9 Å². The summed E-state index contributed by atoms with van der Waals surface area (Å²) in [5, 5.41) is 20.5. The molecule has 232 valence electrons. The quantitative estimate of drug-likeness (QED) is 0.178. The summed E-state index contributed by atoms with van der Waals surface area (Å²) in [7, 11) is 8.40. The molecule has 0 heterocycles. The smallest absolute Gasteiger partial charge is 0.336 e. The fraction of sp³-hybridized carbons (Fsp3) is 0.588. The summed E-state index contributed by atoms with van der Waals surface area (Å²) in [5.74, 6) is 1.45. The third-order valence-corrected chi connectivity index (χ3v) is 8.34. The van der Waals surface area contributed by atoms with Crippen LogP contribution in [0.25, 0.3) is 0 Å². The molecule has 0 fully saturated rings. The van der Waals surface area contributed by atoms with E-state index in [1.807, 2.05) is 25.2 Å². The third kappa shape index (κ3) is 8.32. The molecule has 2 aromatic carbocycles. The zero-order chi connectivity index (χ0) is 31.3. The van der Waals surface area contributed by atoms with Gasteiger partial charge in [-0.15, -0.1) is 0 Å². The van der Waals surface area contributed by atoms with Crippen molar-refractivity contribution >= 4 is 5.97 Å². The molecule has 0 aliphatic carbocycles. The molecule has 1 unspecified atom stereocenters. The maximum absolute atomic E-state index is 12.3. The summed E-state index contributed by atoms with van der Waals surface area (Å²) in [5.41, 5.74) is 2.25. The Kier molecular flexibility index (Phi) is 14.0. The second kappa shape index (κ2) is 16.9. The zero-order valence-electron chi connectivity index (χ0n) is 26.8. The van der Waals surface area contributed by atoms with Crippen molar-refractivity contribution in [2.45, 2.75) is 77.6 Å². The van der Waals surface area contributed by atoms with Crippen LogP contribution in [0.4, 0.5) is 0 Å². The first-order chi connectivity index (χ1) is 20.1. The number of benzene rings is 2. The molecular weight excluding hydrogens is 532 g/mol. The van der Waals surface area contributed by atoms with E-state index in [0.29, 0.717) is 42.4 Å². The number of ether oxygens (including phenoxy) is 4. The van der Waals surface area contributed by atoms with Crippen LogP contribution in [0, 0.1) is 17.2 Å². The topological polar surface area (TPSA) is 101 Å². The summed E-state index contributed by atoms with van der Waals surface area (Å²) in [6, 6.07) is 9.94. The predicted molar refractivity (Wildman–Crippen MR) is 166 cm³/mol. The molecule has 1 N–H and O–H groups in total. The first-order valence-corrected chi connectivity index (χ1v) is 15.0. The van der Waals surface area contributed by atoms with Crippen LogP contribution in [0.5, 0.6) is 23.0 Å². The minimum Gasteiger partial charge on any atom is -0.493 e. The Balaban J connectivity index is 2.24. The van der Waals surface area contributed by atoms with Crippen LogP contribution in [0.2, 0.25) is 0 Å². The highest BCUT2D eigenvalue weighted by Crippen LogP contribution is 2.41. The van der Waals surface area contributed by atoms with Crippen LogP contribution in [0.15, 0.2) is 24.3 Å². The van der Waals surface area contributed by atoms with Crippen LogP contribution in [-0.2, 0) is 18.3 Å². The first kappa shape index (κ1) is 34.8. The van der Waals surface area contributed by atoms with Crippen molar-refractivity contribution in [3.63, 3.8) is 0 Å². The number of likely N-dealkylation sites (N-methyl/N-ethyl adjacent to an activating group) is 1. The van der Waals surface area contributed by atoms with Gasteiger partial charge in [0, 0.05) is 12.1 Å². The molecule has 0 bridgehead atoms. The molecule has 0 saturated heterocycles. The number of aromatic carboxylic acids is 1. The van der Waals surface area contributed by atoms with E-state index in [-0.39, 0.29) is 11.5 Å². The van der Waals surface area contributed by atoms with Crippen LogP contribution in [-0.4, -0.2) is 64.6 Å². The number of nitrogens with zero attached hydrogens (tertiary/aromatic N) is 2. The van der Waals surface area contributed by atoms with Crippen molar-refractivity contribution in [1.29, 1.82) is 5.26 Å². The maximum Gasteiger partial charge on any atom is 0.336 e. The number of nitriles is 1. The van der Waals surface area contributed by atoms with E-state index in [0.717, 1.165) is 61.8 Å². The summed E-state index contributed by atoms with van der Waals surface area (Å²) in [4.78, 5) is 14.5. The highest BCUT2D eigenvalue weighted by atomic mass is 16.5. The lowest BCUT2D eigenvalue weighted by molar-refractivity contribution is 0.0694. The second-order valence-electron chi connectivity index (χ2n) is 11.2. The largest absolute Gasteiger partial charge is 0.493 e. The minimum absolute atomic E-state index is 0.0889. The molecule has 8 nitrogen and oxygen atoms in total. The van der Waals surface area contributed by atoms with E-state index < -0.39 is 11.4 Å². The average molecular weight is 583 g/mol. The SMILES string of the molecule is CCCCCCc1c(CCN(C)CCCC(C#N)(c2ccc(OC)c(OC)c2)C(C)C)c(C(=O)O)cc(OC)c1OC. The molecule has 42 heavy (non-hydrogen) atoms. The van der Waals surface area contributed by atoms with E-state index in [4.69, 9.17) is 18.9 Å². The normalized spacial score (nSPS) is 12.6. The Morgan fingerprint density at radius 1 is 0.905 bits per heavy atom. The van der Waals surface area contributed by atoms with Crippen molar-refractivity contribution in [2.24, 2.45) is 5.92 Å². The molecule has 0 aliphatic rings. The van der Waals surface area contributed by atoms with Crippen LogP contribution < -0.4 is 18.9 Å². The molecule has 2 aromatic rings. The van der Waals surface area contributed by atoms with Gasteiger partial charge in [-0.2, -0.15) is 5.26 Å². The van der Waals surface area contributed by atoms with Crippen molar-refractivity contribution in [3.8, 4) is 29.1 Å². The van der Waals surface area contributed by atoms with Crippen molar-refractivity contribution in [2.75, 3.05) is 48.6 Å². The highest BCUT2D eigenvalue weighted by Gasteiger charge is 2.36.